The summed E-state index contributed by atoms with van der Waals surface area (Å²) in [5.74, 6) is 3.32. The molecular formula is C25H38IN3O4. The molecule has 3 rings (SSSR count). The van der Waals surface area contributed by atoms with Crippen LogP contribution in [0, 0.1) is 5.92 Å². The average molecular weight is 572 g/mol. The Labute approximate surface area is 214 Å². The average Bonchev–Trinajstić information content (AvgIpc) is 3.35. The third-order valence-electron chi connectivity index (χ3n) is 5.52. The van der Waals surface area contributed by atoms with Crippen LogP contribution in [0.5, 0.6) is 5.75 Å². The zero-order chi connectivity index (χ0) is 22.3. The molecule has 1 saturated heterocycles. The molecule has 0 saturated carbocycles. The van der Waals surface area contributed by atoms with Crippen LogP contribution in [0.1, 0.15) is 30.6 Å². The second-order valence-electron chi connectivity index (χ2n) is 8.00. The number of furan rings is 1. The number of halogens is 1. The maximum absolute atomic E-state index is 5.85. The van der Waals surface area contributed by atoms with E-state index < -0.39 is 0 Å². The van der Waals surface area contributed by atoms with E-state index in [1.54, 1.807) is 13.4 Å². The van der Waals surface area contributed by atoms with Gasteiger partial charge in [-0.3, -0.25) is 4.99 Å². The zero-order valence-corrected chi connectivity index (χ0v) is 21.9. The minimum atomic E-state index is 0. The molecule has 1 aromatic carbocycles. The monoisotopic (exact) mass is 571 g/mol. The molecular weight excluding hydrogens is 533 g/mol. The Morgan fingerprint density at radius 1 is 1.06 bits per heavy atom. The van der Waals surface area contributed by atoms with Crippen LogP contribution in [-0.2, 0) is 22.3 Å². The molecule has 7 nitrogen and oxygen atoms in total. The minimum Gasteiger partial charge on any atom is -0.497 e. The summed E-state index contributed by atoms with van der Waals surface area (Å²) in [6.07, 6.45) is 6.57. The number of ether oxygens (including phenoxy) is 3. The Hall–Kier alpha value is -1.78. The van der Waals surface area contributed by atoms with Gasteiger partial charge in [0, 0.05) is 52.5 Å². The molecule has 2 heterocycles. The van der Waals surface area contributed by atoms with Gasteiger partial charge in [-0.1, -0.05) is 12.1 Å². The molecule has 2 aromatic rings. The van der Waals surface area contributed by atoms with Gasteiger partial charge in [-0.15, -0.1) is 24.0 Å². The predicted octanol–water partition coefficient (Wildman–Crippen LogP) is 4.06. The smallest absolute Gasteiger partial charge is 0.191 e. The van der Waals surface area contributed by atoms with Gasteiger partial charge in [0.15, 0.2) is 5.96 Å². The lowest BCUT2D eigenvalue weighted by molar-refractivity contribution is 0.0205. The first-order chi connectivity index (χ1) is 15.8. The fourth-order valence-electron chi connectivity index (χ4n) is 3.57. The first kappa shape index (κ1) is 27.5. The summed E-state index contributed by atoms with van der Waals surface area (Å²) in [5, 5.41) is 6.85. The van der Waals surface area contributed by atoms with Crippen LogP contribution in [-0.4, -0.2) is 59.1 Å². The first-order valence-electron chi connectivity index (χ1n) is 11.7. The highest BCUT2D eigenvalue weighted by Gasteiger charge is 2.13. The van der Waals surface area contributed by atoms with Crippen LogP contribution in [0.3, 0.4) is 0 Å². The van der Waals surface area contributed by atoms with Crippen molar-refractivity contribution in [3.05, 3.63) is 54.0 Å². The molecule has 1 aromatic heterocycles. The van der Waals surface area contributed by atoms with Crippen LogP contribution < -0.4 is 15.4 Å². The van der Waals surface area contributed by atoms with Crippen molar-refractivity contribution in [3.63, 3.8) is 0 Å². The number of rotatable bonds is 13. The lowest BCUT2D eigenvalue weighted by Crippen LogP contribution is -2.39. The van der Waals surface area contributed by atoms with E-state index >= 15 is 0 Å². The van der Waals surface area contributed by atoms with E-state index in [4.69, 9.17) is 23.6 Å². The molecule has 1 aliphatic rings. The number of nitrogens with zero attached hydrogens (tertiary/aromatic N) is 1. The van der Waals surface area contributed by atoms with Crippen molar-refractivity contribution >= 4 is 29.9 Å². The number of nitrogens with one attached hydrogen (secondary N) is 2. The fourth-order valence-corrected chi connectivity index (χ4v) is 3.57. The lowest BCUT2D eigenvalue weighted by atomic mass is 10.0. The summed E-state index contributed by atoms with van der Waals surface area (Å²) in [6, 6.07) is 12.1. The molecule has 0 unspecified atom stereocenters. The number of benzene rings is 1. The van der Waals surface area contributed by atoms with Crippen molar-refractivity contribution in [2.24, 2.45) is 10.9 Å². The predicted molar refractivity (Wildman–Crippen MR) is 142 cm³/mol. The van der Waals surface area contributed by atoms with E-state index in [1.165, 1.54) is 5.56 Å². The molecule has 1 fully saturated rings. The Balaban J connectivity index is 0.00000385. The number of guanidine groups is 1. The van der Waals surface area contributed by atoms with E-state index in [2.05, 4.69) is 22.8 Å². The zero-order valence-electron chi connectivity index (χ0n) is 19.6. The second-order valence-corrected chi connectivity index (χ2v) is 8.00. The molecule has 0 radical (unpaired) electrons. The van der Waals surface area contributed by atoms with Crippen molar-refractivity contribution in [3.8, 4) is 5.75 Å². The van der Waals surface area contributed by atoms with Crippen molar-refractivity contribution < 1.29 is 18.6 Å². The second kappa shape index (κ2) is 16.8. The molecule has 0 spiro atoms. The van der Waals surface area contributed by atoms with E-state index in [-0.39, 0.29) is 24.0 Å². The summed E-state index contributed by atoms with van der Waals surface area (Å²) in [7, 11) is 1.68. The van der Waals surface area contributed by atoms with Gasteiger partial charge in [0.25, 0.3) is 0 Å². The molecule has 184 valence electrons. The van der Waals surface area contributed by atoms with E-state index in [1.807, 2.05) is 24.3 Å². The van der Waals surface area contributed by atoms with Crippen molar-refractivity contribution in [1.82, 2.24) is 10.6 Å². The van der Waals surface area contributed by atoms with E-state index in [0.29, 0.717) is 5.92 Å². The molecule has 0 atom stereocenters. The highest BCUT2D eigenvalue weighted by atomic mass is 127. The Morgan fingerprint density at radius 2 is 1.82 bits per heavy atom. The molecule has 33 heavy (non-hydrogen) atoms. The van der Waals surface area contributed by atoms with Gasteiger partial charge in [-0.2, -0.15) is 0 Å². The lowest BCUT2D eigenvalue weighted by Gasteiger charge is -2.21. The van der Waals surface area contributed by atoms with Crippen molar-refractivity contribution in [2.75, 3.05) is 53.2 Å². The van der Waals surface area contributed by atoms with Gasteiger partial charge in [0.05, 0.1) is 13.4 Å². The Morgan fingerprint density at radius 3 is 2.52 bits per heavy atom. The van der Waals surface area contributed by atoms with Crippen LogP contribution in [0.4, 0.5) is 0 Å². The molecule has 1 aliphatic heterocycles. The van der Waals surface area contributed by atoms with Crippen molar-refractivity contribution in [1.29, 1.82) is 0 Å². The van der Waals surface area contributed by atoms with Crippen molar-refractivity contribution in [2.45, 2.75) is 32.1 Å². The highest BCUT2D eigenvalue weighted by Crippen LogP contribution is 2.14. The first-order valence-corrected chi connectivity index (χ1v) is 11.7. The third-order valence-corrected chi connectivity index (χ3v) is 5.52. The topological polar surface area (TPSA) is 77.2 Å². The Bertz CT molecular complexity index is 762. The number of hydrogen-bond acceptors (Lipinski definition) is 5. The van der Waals surface area contributed by atoms with Gasteiger partial charge in [0.2, 0.25) is 0 Å². The van der Waals surface area contributed by atoms with Gasteiger partial charge >= 0.3 is 0 Å². The van der Waals surface area contributed by atoms with E-state index in [0.717, 1.165) is 95.6 Å². The summed E-state index contributed by atoms with van der Waals surface area (Å²) in [4.78, 5) is 4.73. The van der Waals surface area contributed by atoms with Gasteiger partial charge < -0.3 is 29.3 Å². The number of methoxy groups -OCH3 is 1. The van der Waals surface area contributed by atoms with Crippen LogP contribution in [0.25, 0.3) is 0 Å². The SMILES string of the molecule is COc1ccc(CCNC(=NCCCOCC2CCOCC2)NCCc2ccco2)cc1.I. The normalized spacial score (nSPS) is 14.5. The van der Waals surface area contributed by atoms with Gasteiger partial charge in [0.1, 0.15) is 11.5 Å². The van der Waals surface area contributed by atoms with Crippen LogP contribution in [0.15, 0.2) is 52.1 Å². The quantitative estimate of drug-likeness (QED) is 0.164. The highest BCUT2D eigenvalue weighted by molar-refractivity contribution is 14.0. The molecule has 8 heteroatoms. The summed E-state index contributed by atoms with van der Waals surface area (Å²) < 4.78 is 21.9. The maximum atomic E-state index is 5.85. The number of hydrogen-bond donors (Lipinski definition) is 2. The maximum Gasteiger partial charge on any atom is 0.191 e. The Kier molecular flexibility index (Phi) is 14.0. The van der Waals surface area contributed by atoms with Gasteiger partial charge in [-0.05, 0) is 61.4 Å². The van der Waals surface area contributed by atoms with Crippen LogP contribution >= 0.6 is 24.0 Å². The van der Waals surface area contributed by atoms with Gasteiger partial charge in [-0.25, -0.2) is 0 Å². The van der Waals surface area contributed by atoms with Crippen LogP contribution in [0.2, 0.25) is 0 Å². The molecule has 2 N–H and O–H groups in total. The summed E-state index contributed by atoms with van der Waals surface area (Å²) in [6.45, 7) is 5.61. The van der Waals surface area contributed by atoms with E-state index in [9.17, 15) is 0 Å². The molecule has 0 aliphatic carbocycles. The summed E-state index contributed by atoms with van der Waals surface area (Å²) >= 11 is 0. The molecule has 0 bridgehead atoms. The largest absolute Gasteiger partial charge is 0.497 e. The fraction of sp³-hybridized carbons (Fsp3) is 0.560. The standard InChI is InChI=1S/C25H37N3O4.HI/c1-29-23-7-5-21(6-8-23)9-14-27-25(28-15-10-24-4-2-17-32-24)26-13-3-16-31-20-22-11-18-30-19-12-22;/h2,4-8,17,22H,3,9-16,18-20H2,1H3,(H2,26,27,28);1H. The number of aliphatic imine (C=N–C) groups is 1. The summed E-state index contributed by atoms with van der Waals surface area (Å²) in [5.41, 5.74) is 1.26. The minimum absolute atomic E-state index is 0. The third kappa shape index (κ3) is 11.3. The molecule has 0 amide bonds.